The lowest BCUT2D eigenvalue weighted by Gasteiger charge is -2.32. The fraction of sp³-hybridized carbons (Fsp3) is 0.350. The fourth-order valence-electron chi connectivity index (χ4n) is 3.17. The summed E-state index contributed by atoms with van der Waals surface area (Å²) in [5, 5.41) is 2.93. The Morgan fingerprint density at radius 3 is 2.36 bits per heavy atom. The van der Waals surface area contributed by atoms with Gasteiger partial charge in [-0.3, -0.25) is 0 Å². The summed E-state index contributed by atoms with van der Waals surface area (Å²) in [5.41, 5.74) is 2.83. The first-order valence-electron chi connectivity index (χ1n) is 9.16. The number of aryl methyl sites for hydroxylation is 2. The molecule has 0 aliphatic carbocycles. The van der Waals surface area contributed by atoms with Crippen LogP contribution in [0.15, 0.2) is 47.4 Å². The summed E-state index contributed by atoms with van der Waals surface area (Å²) in [6.07, 6.45) is 1.03. The monoisotopic (exact) mass is 405 g/mol. The second kappa shape index (κ2) is 8.28. The van der Waals surface area contributed by atoms with Gasteiger partial charge in [-0.2, -0.15) is 0 Å². The molecule has 1 saturated heterocycles. The molecule has 3 rings (SSSR count). The van der Waals surface area contributed by atoms with Gasteiger partial charge in [-0.05, 0) is 68.1 Å². The second-order valence-corrected chi connectivity index (χ2v) is 8.80. The summed E-state index contributed by atoms with van der Waals surface area (Å²) >= 11 is 0. The van der Waals surface area contributed by atoms with Crippen molar-refractivity contribution in [1.82, 2.24) is 9.62 Å². The number of nitrogens with zero attached hydrogens (tertiary/aromatic N) is 1. The maximum Gasteiger partial charge on any atom is 0.321 e. The third-order valence-corrected chi connectivity index (χ3v) is 6.40. The topological polar surface area (TPSA) is 78.5 Å². The van der Waals surface area contributed by atoms with E-state index in [-0.39, 0.29) is 17.0 Å². The number of sulfonamides is 1. The van der Waals surface area contributed by atoms with Gasteiger partial charge in [0.2, 0.25) is 10.0 Å². The zero-order valence-corrected chi connectivity index (χ0v) is 16.7. The van der Waals surface area contributed by atoms with Crippen molar-refractivity contribution in [3.05, 3.63) is 59.4 Å². The highest BCUT2D eigenvalue weighted by atomic mass is 32.2. The van der Waals surface area contributed by atoms with Crippen LogP contribution in [0, 0.1) is 19.7 Å². The Balaban J connectivity index is 1.56. The number of carbonyl (C=O) groups is 1. The number of halogens is 1. The highest BCUT2D eigenvalue weighted by molar-refractivity contribution is 7.89. The van der Waals surface area contributed by atoms with Gasteiger partial charge >= 0.3 is 6.03 Å². The van der Waals surface area contributed by atoms with Crippen LogP contribution < -0.4 is 10.0 Å². The Labute approximate surface area is 164 Å². The van der Waals surface area contributed by atoms with Crippen molar-refractivity contribution in [3.63, 3.8) is 0 Å². The lowest BCUT2D eigenvalue weighted by Crippen LogP contribution is -2.47. The number of benzene rings is 2. The molecule has 0 saturated carbocycles. The number of urea groups is 1. The molecule has 1 heterocycles. The van der Waals surface area contributed by atoms with Crippen LogP contribution in [0.4, 0.5) is 14.9 Å². The van der Waals surface area contributed by atoms with Gasteiger partial charge in [0.05, 0.1) is 4.90 Å². The highest BCUT2D eigenvalue weighted by Crippen LogP contribution is 2.19. The predicted octanol–water partition coefficient (Wildman–Crippen LogP) is 3.42. The Kier molecular flexibility index (Phi) is 6.00. The van der Waals surface area contributed by atoms with E-state index in [4.69, 9.17) is 0 Å². The molecule has 0 bridgehead atoms. The number of amides is 2. The largest absolute Gasteiger partial charge is 0.324 e. The van der Waals surface area contributed by atoms with Crippen LogP contribution in [-0.2, 0) is 10.0 Å². The third-order valence-electron chi connectivity index (χ3n) is 4.86. The SMILES string of the molecule is Cc1ccc(C)c(NC(=O)N2CCC(NS(=O)(=O)c3ccc(F)cc3)CC2)c1. The molecule has 8 heteroatoms. The molecule has 2 aromatic carbocycles. The number of hydrogen-bond donors (Lipinski definition) is 2. The molecule has 2 N–H and O–H groups in total. The normalized spacial score (nSPS) is 15.5. The molecule has 0 radical (unpaired) electrons. The molecule has 28 heavy (non-hydrogen) atoms. The van der Waals surface area contributed by atoms with Crippen molar-refractivity contribution in [2.24, 2.45) is 0 Å². The Bertz CT molecular complexity index is 953. The minimum absolute atomic E-state index is 0.0315. The minimum atomic E-state index is -3.71. The van der Waals surface area contributed by atoms with E-state index >= 15 is 0 Å². The highest BCUT2D eigenvalue weighted by Gasteiger charge is 2.27. The molecular formula is C20H24FN3O3S. The molecule has 150 valence electrons. The second-order valence-electron chi connectivity index (χ2n) is 7.09. The number of rotatable bonds is 4. The van der Waals surface area contributed by atoms with E-state index in [2.05, 4.69) is 10.0 Å². The summed E-state index contributed by atoms with van der Waals surface area (Å²) in [6, 6.07) is 10.1. The number of piperidine rings is 1. The first-order valence-corrected chi connectivity index (χ1v) is 10.6. The molecule has 6 nitrogen and oxygen atoms in total. The molecule has 0 atom stereocenters. The fourth-order valence-corrected chi connectivity index (χ4v) is 4.47. The van der Waals surface area contributed by atoms with Gasteiger partial charge in [0.15, 0.2) is 0 Å². The smallest absolute Gasteiger partial charge is 0.321 e. The van der Waals surface area contributed by atoms with Crippen molar-refractivity contribution >= 4 is 21.7 Å². The number of nitrogens with one attached hydrogen (secondary N) is 2. The zero-order valence-electron chi connectivity index (χ0n) is 15.9. The summed E-state index contributed by atoms with van der Waals surface area (Å²) in [5.74, 6) is -0.484. The van der Waals surface area contributed by atoms with Gasteiger partial charge < -0.3 is 10.2 Å². The maximum absolute atomic E-state index is 13.0. The van der Waals surface area contributed by atoms with Gasteiger partial charge in [-0.15, -0.1) is 0 Å². The third kappa shape index (κ3) is 4.88. The first-order chi connectivity index (χ1) is 13.2. The number of carbonyl (C=O) groups excluding carboxylic acids is 1. The Morgan fingerprint density at radius 2 is 1.71 bits per heavy atom. The van der Waals surface area contributed by atoms with Crippen molar-refractivity contribution in [2.45, 2.75) is 37.6 Å². The van der Waals surface area contributed by atoms with Crippen LogP contribution in [0.1, 0.15) is 24.0 Å². The molecule has 0 unspecified atom stereocenters. The van der Waals surface area contributed by atoms with Gasteiger partial charge in [-0.1, -0.05) is 12.1 Å². The Morgan fingerprint density at radius 1 is 1.07 bits per heavy atom. The van der Waals surface area contributed by atoms with Gasteiger partial charge in [0.1, 0.15) is 5.82 Å². The molecule has 0 aromatic heterocycles. The molecule has 1 aliphatic heterocycles. The summed E-state index contributed by atoms with van der Waals surface area (Å²) in [6.45, 7) is 4.81. The molecule has 2 amide bonds. The summed E-state index contributed by atoms with van der Waals surface area (Å²) in [4.78, 5) is 14.2. The first kappa shape index (κ1) is 20.3. The Hall–Kier alpha value is -2.45. The zero-order chi connectivity index (χ0) is 20.3. The summed E-state index contributed by atoms with van der Waals surface area (Å²) < 4.78 is 40.5. The molecule has 1 aliphatic rings. The lowest BCUT2D eigenvalue weighted by molar-refractivity contribution is 0.193. The van der Waals surface area contributed by atoms with Crippen molar-refractivity contribution in [3.8, 4) is 0 Å². The number of anilines is 1. The van der Waals surface area contributed by atoms with Crippen LogP contribution in [0.25, 0.3) is 0 Å². The van der Waals surface area contributed by atoms with E-state index in [0.29, 0.717) is 25.9 Å². The van der Waals surface area contributed by atoms with Crippen LogP contribution in [-0.4, -0.2) is 38.5 Å². The average molecular weight is 405 g/mol. The van der Waals surface area contributed by atoms with Crippen molar-refractivity contribution in [2.75, 3.05) is 18.4 Å². The van der Waals surface area contributed by atoms with E-state index in [9.17, 15) is 17.6 Å². The van der Waals surface area contributed by atoms with E-state index in [1.807, 2.05) is 32.0 Å². The lowest BCUT2D eigenvalue weighted by atomic mass is 10.1. The van der Waals surface area contributed by atoms with Gasteiger partial charge in [-0.25, -0.2) is 22.3 Å². The van der Waals surface area contributed by atoms with E-state index in [0.717, 1.165) is 28.9 Å². The molecule has 2 aromatic rings. The van der Waals surface area contributed by atoms with E-state index < -0.39 is 15.8 Å². The number of hydrogen-bond acceptors (Lipinski definition) is 3. The van der Waals surface area contributed by atoms with E-state index in [1.165, 1.54) is 12.1 Å². The van der Waals surface area contributed by atoms with Crippen LogP contribution in [0.5, 0.6) is 0 Å². The minimum Gasteiger partial charge on any atom is -0.324 e. The van der Waals surface area contributed by atoms with Crippen molar-refractivity contribution in [1.29, 1.82) is 0 Å². The summed E-state index contributed by atoms with van der Waals surface area (Å²) in [7, 11) is -3.71. The molecular weight excluding hydrogens is 381 g/mol. The van der Waals surface area contributed by atoms with Crippen molar-refractivity contribution < 1.29 is 17.6 Å². The maximum atomic E-state index is 13.0. The van der Waals surface area contributed by atoms with Crippen LogP contribution >= 0.6 is 0 Å². The van der Waals surface area contributed by atoms with Crippen LogP contribution in [0.2, 0.25) is 0 Å². The van der Waals surface area contributed by atoms with Gasteiger partial charge in [0.25, 0.3) is 0 Å². The molecule has 0 spiro atoms. The predicted molar refractivity (Wildman–Crippen MR) is 106 cm³/mol. The van der Waals surface area contributed by atoms with Crippen LogP contribution in [0.3, 0.4) is 0 Å². The van der Waals surface area contributed by atoms with Gasteiger partial charge in [0, 0.05) is 24.8 Å². The number of likely N-dealkylation sites (tertiary alicyclic amines) is 1. The average Bonchev–Trinajstić information content (AvgIpc) is 2.65. The quantitative estimate of drug-likeness (QED) is 0.818. The standard InChI is InChI=1S/C20H24FN3O3S/c1-14-3-4-15(2)19(13-14)22-20(25)24-11-9-17(10-12-24)23-28(26,27)18-7-5-16(21)6-8-18/h3-8,13,17,23H,9-12H2,1-2H3,(H,22,25). The van der Waals surface area contributed by atoms with E-state index in [1.54, 1.807) is 4.90 Å². The molecule has 1 fully saturated rings.